The summed E-state index contributed by atoms with van der Waals surface area (Å²) in [6, 6.07) is 0. The van der Waals surface area contributed by atoms with Crippen LogP contribution >= 0.6 is 0 Å². The molecule has 31 heavy (non-hydrogen) atoms. The first-order valence-electron chi connectivity index (χ1n) is 11.7. The predicted molar refractivity (Wildman–Crippen MR) is 135 cm³/mol. The molecule has 0 saturated heterocycles. The average molecular weight is 433 g/mol. The molecule has 0 aliphatic heterocycles. The Bertz CT molecular complexity index is 612. The lowest BCUT2D eigenvalue weighted by molar-refractivity contribution is -0.00736. The van der Waals surface area contributed by atoms with Crippen molar-refractivity contribution in [2.45, 2.75) is 92.6 Å². The fourth-order valence-corrected chi connectivity index (χ4v) is 3.00. The van der Waals surface area contributed by atoms with E-state index in [1.807, 2.05) is 6.08 Å². The smallest absolute Gasteiger partial charge is 0.104 e. The van der Waals surface area contributed by atoms with E-state index in [4.69, 9.17) is 14.9 Å². The molecule has 0 aliphatic rings. The fraction of sp³-hybridized carbons (Fsp3) is 0.643. The van der Waals surface area contributed by atoms with Crippen molar-refractivity contribution in [3.63, 3.8) is 0 Å². The molecule has 3 heteroatoms. The van der Waals surface area contributed by atoms with Crippen molar-refractivity contribution in [3.05, 3.63) is 59.3 Å². The van der Waals surface area contributed by atoms with Crippen LogP contribution < -0.4 is 0 Å². The summed E-state index contributed by atoms with van der Waals surface area (Å²) in [6.07, 6.45) is 18.2. The molecule has 0 bridgehead atoms. The monoisotopic (exact) mass is 432 g/mol. The van der Waals surface area contributed by atoms with Gasteiger partial charge < -0.3 is 14.9 Å². The Morgan fingerprint density at radius 3 is 2.13 bits per heavy atom. The molecule has 0 aliphatic carbocycles. The van der Waals surface area contributed by atoms with Gasteiger partial charge >= 0.3 is 0 Å². The van der Waals surface area contributed by atoms with Gasteiger partial charge in [0, 0.05) is 0 Å². The summed E-state index contributed by atoms with van der Waals surface area (Å²) < 4.78 is 5.38. The van der Waals surface area contributed by atoms with Crippen molar-refractivity contribution in [1.29, 1.82) is 0 Å². The van der Waals surface area contributed by atoms with E-state index in [9.17, 15) is 0 Å². The van der Waals surface area contributed by atoms with Gasteiger partial charge in [0.25, 0.3) is 0 Å². The van der Waals surface area contributed by atoms with E-state index < -0.39 is 6.10 Å². The summed E-state index contributed by atoms with van der Waals surface area (Å²) in [5.74, 6) is 0. The maximum atomic E-state index is 9.00. The normalized spacial score (nSPS) is 13.3. The van der Waals surface area contributed by atoms with Gasteiger partial charge in [-0.05, 0) is 78.1 Å². The zero-order valence-corrected chi connectivity index (χ0v) is 21.0. The molecule has 0 spiro atoms. The third-order valence-electron chi connectivity index (χ3n) is 5.40. The van der Waals surface area contributed by atoms with Gasteiger partial charge in [-0.3, -0.25) is 0 Å². The van der Waals surface area contributed by atoms with Crippen molar-refractivity contribution < 1.29 is 14.9 Å². The molecule has 0 aromatic heterocycles. The number of aliphatic hydroxyl groups excluding tert-OH is 2. The largest absolute Gasteiger partial charge is 0.394 e. The van der Waals surface area contributed by atoms with Gasteiger partial charge in [0.1, 0.15) is 6.10 Å². The van der Waals surface area contributed by atoms with Crippen LogP contribution in [0.2, 0.25) is 0 Å². The second-order valence-electron chi connectivity index (χ2n) is 9.63. The first kappa shape index (κ1) is 29.6. The van der Waals surface area contributed by atoms with Crippen LogP contribution in [0.5, 0.6) is 0 Å². The van der Waals surface area contributed by atoms with Crippen molar-refractivity contribution >= 4 is 0 Å². The van der Waals surface area contributed by atoms with E-state index in [1.165, 1.54) is 22.3 Å². The zero-order chi connectivity index (χ0) is 23.7. The summed E-state index contributed by atoms with van der Waals surface area (Å²) in [5.41, 5.74) is 5.58. The lowest BCUT2D eigenvalue weighted by Crippen LogP contribution is -2.22. The molecule has 2 N–H and O–H groups in total. The summed E-state index contributed by atoms with van der Waals surface area (Å²) in [6.45, 7) is 17.6. The van der Waals surface area contributed by atoms with Gasteiger partial charge in [0.05, 0.1) is 19.8 Å². The van der Waals surface area contributed by atoms with E-state index in [-0.39, 0.29) is 18.6 Å². The summed E-state index contributed by atoms with van der Waals surface area (Å²) in [7, 11) is 0. The Hall–Kier alpha value is -1.42. The van der Waals surface area contributed by atoms with Crippen molar-refractivity contribution in [1.82, 2.24) is 0 Å². The quantitative estimate of drug-likeness (QED) is 0.241. The van der Waals surface area contributed by atoms with Gasteiger partial charge in [0.2, 0.25) is 0 Å². The number of aliphatic hydroxyl groups is 2. The molecular formula is C28H48O3. The SMILES string of the molecule is C=C(C/C=C(\C)CCC=C(C)C)CCC(C)(C)/C=C/CC/C(C)=C\COC(CO)CO. The van der Waals surface area contributed by atoms with E-state index in [2.05, 4.69) is 72.4 Å². The minimum Gasteiger partial charge on any atom is -0.394 e. The van der Waals surface area contributed by atoms with Crippen LogP contribution in [-0.2, 0) is 4.74 Å². The molecule has 0 aromatic carbocycles. The minimum absolute atomic E-state index is 0.153. The number of ether oxygens (including phenoxy) is 1. The fourth-order valence-electron chi connectivity index (χ4n) is 3.00. The molecule has 0 amide bonds. The van der Waals surface area contributed by atoms with Gasteiger partial charge in [-0.1, -0.05) is 73.1 Å². The molecule has 0 saturated carbocycles. The van der Waals surface area contributed by atoms with E-state index in [1.54, 1.807) is 0 Å². The third-order valence-corrected chi connectivity index (χ3v) is 5.40. The van der Waals surface area contributed by atoms with Crippen LogP contribution in [0.25, 0.3) is 0 Å². The topological polar surface area (TPSA) is 49.7 Å². The lowest BCUT2D eigenvalue weighted by atomic mass is 9.85. The highest BCUT2D eigenvalue weighted by atomic mass is 16.5. The minimum atomic E-state index is -0.485. The zero-order valence-electron chi connectivity index (χ0n) is 21.0. The van der Waals surface area contributed by atoms with Crippen LogP contribution in [0.15, 0.2) is 59.3 Å². The Kier molecular flexibility index (Phi) is 16.4. The predicted octanol–water partition coefficient (Wildman–Crippen LogP) is 7.08. The second-order valence-corrected chi connectivity index (χ2v) is 9.63. The number of hydrogen-bond acceptors (Lipinski definition) is 3. The van der Waals surface area contributed by atoms with Crippen molar-refractivity contribution in [2.24, 2.45) is 5.41 Å². The molecule has 0 unspecified atom stereocenters. The molecule has 178 valence electrons. The Morgan fingerprint density at radius 1 is 0.903 bits per heavy atom. The van der Waals surface area contributed by atoms with Crippen LogP contribution in [0.3, 0.4) is 0 Å². The lowest BCUT2D eigenvalue weighted by Gasteiger charge is -2.20. The van der Waals surface area contributed by atoms with Crippen molar-refractivity contribution in [2.75, 3.05) is 19.8 Å². The summed E-state index contributed by atoms with van der Waals surface area (Å²) in [4.78, 5) is 0. The molecule has 0 heterocycles. The van der Waals surface area contributed by atoms with Gasteiger partial charge in [-0.25, -0.2) is 0 Å². The van der Waals surface area contributed by atoms with Crippen LogP contribution in [-0.4, -0.2) is 36.1 Å². The van der Waals surface area contributed by atoms with Crippen LogP contribution in [0, 0.1) is 5.41 Å². The number of hydrogen-bond donors (Lipinski definition) is 2. The molecule has 3 nitrogen and oxygen atoms in total. The summed E-state index contributed by atoms with van der Waals surface area (Å²) >= 11 is 0. The standard InChI is InChI=1S/C28H48O3/c1-23(2)11-10-13-24(3)14-15-26(5)16-19-28(6,7)18-9-8-12-25(4)17-20-31-27(21-29)22-30/h9,11,14,17-18,27,29-30H,5,8,10,12-13,15-16,19-22H2,1-4,6-7H3/b18-9+,24-14+,25-17-. The number of rotatable bonds is 17. The van der Waals surface area contributed by atoms with Crippen LogP contribution in [0.4, 0.5) is 0 Å². The first-order chi connectivity index (χ1) is 14.6. The first-order valence-corrected chi connectivity index (χ1v) is 11.7. The van der Waals surface area contributed by atoms with Crippen molar-refractivity contribution in [3.8, 4) is 0 Å². The molecular weight excluding hydrogens is 384 g/mol. The Balaban J connectivity index is 4.21. The second kappa shape index (κ2) is 17.2. The highest BCUT2D eigenvalue weighted by molar-refractivity contribution is 5.10. The third kappa shape index (κ3) is 17.9. The average Bonchev–Trinajstić information content (AvgIpc) is 2.71. The molecule has 0 rings (SSSR count). The van der Waals surface area contributed by atoms with Gasteiger partial charge in [0.15, 0.2) is 0 Å². The molecule has 0 aromatic rings. The van der Waals surface area contributed by atoms with Crippen LogP contribution in [0.1, 0.15) is 86.5 Å². The maximum Gasteiger partial charge on any atom is 0.104 e. The molecule has 0 atom stereocenters. The van der Waals surface area contributed by atoms with E-state index >= 15 is 0 Å². The molecule has 0 fully saturated rings. The van der Waals surface area contributed by atoms with E-state index in [0.29, 0.717) is 6.61 Å². The maximum absolute atomic E-state index is 9.00. The molecule has 0 radical (unpaired) electrons. The van der Waals surface area contributed by atoms with Gasteiger partial charge in [-0.2, -0.15) is 0 Å². The Morgan fingerprint density at radius 2 is 1.52 bits per heavy atom. The highest BCUT2D eigenvalue weighted by Crippen LogP contribution is 2.27. The highest BCUT2D eigenvalue weighted by Gasteiger charge is 2.13. The Labute approximate surface area is 192 Å². The van der Waals surface area contributed by atoms with E-state index in [0.717, 1.165) is 44.9 Å². The van der Waals surface area contributed by atoms with Gasteiger partial charge in [-0.15, -0.1) is 0 Å². The number of allylic oxidation sites excluding steroid dienone is 8. The summed E-state index contributed by atoms with van der Waals surface area (Å²) in [5, 5.41) is 18.0.